The lowest BCUT2D eigenvalue weighted by atomic mass is 10.1. The zero-order valence-corrected chi connectivity index (χ0v) is 13.3. The molecule has 1 heterocycles. The molecule has 1 N–H and O–H groups in total. The Labute approximate surface area is 137 Å². The second-order valence-corrected chi connectivity index (χ2v) is 4.79. The molecule has 0 fully saturated rings. The van der Waals surface area contributed by atoms with Crippen molar-refractivity contribution in [2.45, 2.75) is 13.0 Å². The molecule has 24 heavy (non-hydrogen) atoms. The zero-order valence-electron chi connectivity index (χ0n) is 13.3. The number of rotatable bonds is 8. The van der Waals surface area contributed by atoms with E-state index in [1.54, 1.807) is 20.3 Å². The number of nitro groups is 1. The normalized spacial score (nSPS) is 10.2. The summed E-state index contributed by atoms with van der Waals surface area (Å²) in [5.41, 5.74) is 0.976. The van der Waals surface area contributed by atoms with Crippen LogP contribution in [0.15, 0.2) is 24.5 Å². The largest absolute Gasteiger partial charge is 0.493 e. The summed E-state index contributed by atoms with van der Waals surface area (Å²) in [6.07, 6.45) is 1.75. The quantitative estimate of drug-likeness (QED) is 0.552. The van der Waals surface area contributed by atoms with Gasteiger partial charge in [-0.05, 0) is 29.0 Å². The summed E-state index contributed by atoms with van der Waals surface area (Å²) in [5, 5.41) is 16.8. The number of hydrogen-bond acceptors (Lipinski definition) is 7. The Morgan fingerprint density at radius 3 is 2.71 bits per heavy atom. The molecule has 10 heteroatoms. The standard InChI is InChI=1S/C14H17N5O5/c1-23-11-4-3-10(7-12(11)24-2)5-6-15-13(20)8-18-9-16-14(17-18)19(21)22/h3-4,7,9H,5-6,8H2,1-2H3,(H,15,20). The fourth-order valence-corrected chi connectivity index (χ4v) is 2.03. The van der Waals surface area contributed by atoms with Gasteiger partial charge in [-0.25, -0.2) is 0 Å². The van der Waals surface area contributed by atoms with Gasteiger partial charge in [0.1, 0.15) is 6.54 Å². The van der Waals surface area contributed by atoms with Gasteiger partial charge in [0.25, 0.3) is 0 Å². The molecule has 0 aliphatic heterocycles. The summed E-state index contributed by atoms with van der Waals surface area (Å²) in [5.74, 6) is 0.415. The Hall–Kier alpha value is -3.17. The molecule has 0 saturated heterocycles. The predicted octanol–water partition coefficient (Wildman–Crippen LogP) is 0.562. The van der Waals surface area contributed by atoms with Gasteiger partial charge < -0.3 is 24.9 Å². The monoisotopic (exact) mass is 335 g/mol. The molecule has 2 rings (SSSR count). The third-order valence-electron chi connectivity index (χ3n) is 3.18. The van der Waals surface area contributed by atoms with Gasteiger partial charge in [0.15, 0.2) is 11.5 Å². The lowest BCUT2D eigenvalue weighted by Gasteiger charge is -2.10. The van der Waals surface area contributed by atoms with Crippen LogP contribution in [0.25, 0.3) is 0 Å². The first-order chi connectivity index (χ1) is 11.5. The average molecular weight is 335 g/mol. The first-order valence-corrected chi connectivity index (χ1v) is 7.05. The van der Waals surface area contributed by atoms with Crippen molar-refractivity contribution in [3.8, 4) is 11.5 Å². The Bertz CT molecular complexity index is 730. The van der Waals surface area contributed by atoms with E-state index in [-0.39, 0.29) is 12.5 Å². The van der Waals surface area contributed by atoms with E-state index in [0.29, 0.717) is 24.5 Å². The van der Waals surface area contributed by atoms with Crippen molar-refractivity contribution < 1.29 is 19.2 Å². The van der Waals surface area contributed by atoms with Crippen LogP contribution in [0.3, 0.4) is 0 Å². The zero-order chi connectivity index (χ0) is 17.5. The number of hydrogen-bond donors (Lipinski definition) is 1. The summed E-state index contributed by atoms with van der Waals surface area (Å²) >= 11 is 0. The number of nitrogens with one attached hydrogen (secondary N) is 1. The van der Waals surface area contributed by atoms with Crippen LogP contribution < -0.4 is 14.8 Å². The molecule has 2 aromatic rings. The number of aromatic nitrogens is 3. The molecule has 0 atom stereocenters. The Balaban J connectivity index is 1.82. The SMILES string of the molecule is COc1ccc(CCNC(=O)Cn2cnc([N+](=O)[O-])n2)cc1OC. The fourth-order valence-electron chi connectivity index (χ4n) is 2.03. The van der Waals surface area contributed by atoms with E-state index in [4.69, 9.17) is 9.47 Å². The van der Waals surface area contributed by atoms with Gasteiger partial charge in [0.2, 0.25) is 12.2 Å². The number of ether oxygens (including phenoxy) is 2. The van der Waals surface area contributed by atoms with Crippen molar-refractivity contribution in [3.05, 3.63) is 40.2 Å². The van der Waals surface area contributed by atoms with Crippen LogP contribution in [-0.2, 0) is 17.8 Å². The van der Waals surface area contributed by atoms with Crippen LogP contribution in [0.5, 0.6) is 11.5 Å². The molecule has 1 aromatic heterocycles. The number of benzene rings is 1. The Morgan fingerprint density at radius 1 is 1.33 bits per heavy atom. The van der Waals surface area contributed by atoms with Gasteiger partial charge in [-0.15, -0.1) is 0 Å². The first-order valence-electron chi connectivity index (χ1n) is 7.05. The molecule has 0 aliphatic rings. The molecule has 0 spiro atoms. The summed E-state index contributed by atoms with van der Waals surface area (Å²) in [7, 11) is 3.12. The van der Waals surface area contributed by atoms with Crippen molar-refractivity contribution >= 4 is 11.9 Å². The van der Waals surface area contributed by atoms with Gasteiger partial charge in [0, 0.05) is 11.6 Å². The van der Waals surface area contributed by atoms with E-state index < -0.39 is 10.9 Å². The second kappa shape index (κ2) is 7.90. The van der Waals surface area contributed by atoms with E-state index >= 15 is 0 Å². The summed E-state index contributed by atoms with van der Waals surface area (Å²) in [4.78, 5) is 25.0. The molecule has 0 saturated carbocycles. The van der Waals surface area contributed by atoms with Gasteiger partial charge >= 0.3 is 5.95 Å². The minimum Gasteiger partial charge on any atom is -0.493 e. The highest BCUT2D eigenvalue weighted by atomic mass is 16.6. The number of nitrogens with zero attached hydrogens (tertiary/aromatic N) is 4. The highest BCUT2D eigenvalue weighted by Crippen LogP contribution is 2.27. The van der Waals surface area contributed by atoms with E-state index in [1.165, 1.54) is 0 Å². The van der Waals surface area contributed by atoms with E-state index in [9.17, 15) is 14.9 Å². The molecule has 0 aliphatic carbocycles. The summed E-state index contributed by atoms with van der Waals surface area (Å²) in [6, 6.07) is 5.52. The van der Waals surface area contributed by atoms with Crippen LogP contribution in [0.4, 0.5) is 5.95 Å². The third-order valence-corrected chi connectivity index (χ3v) is 3.18. The number of methoxy groups -OCH3 is 2. The van der Waals surface area contributed by atoms with Gasteiger partial charge in [-0.1, -0.05) is 11.1 Å². The first kappa shape index (κ1) is 17.2. The number of carbonyl (C=O) groups excluding carboxylic acids is 1. The van der Waals surface area contributed by atoms with Crippen molar-refractivity contribution in [1.82, 2.24) is 20.1 Å². The van der Waals surface area contributed by atoms with E-state index in [0.717, 1.165) is 16.6 Å². The second-order valence-electron chi connectivity index (χ2n) is 4.79. The van der Waals surface area contributed by atoms with Crippen LogP contribution in [0, 0.1) is 10.1 Å². The average Bonchev–Trinajstić information content (AvgIpc) is 3.03. The van der Waals surface area contributed by atoms with Gasteiger partial charge in [-0.2, -0.15) is 4.68 Å². The van der Waals surface area contributed by atoms with Gasteiger partial charge in [0.05, 0.1) is 14.2 Å². The van der Waals surface area contributed by atoms with Crippen LogP contribution in [0.1, 0.15) is 5.56 Å². The maximum absolute atomic E-state index is 11.8. The topological polar surface area (TPSA) is 121 Å². The molecule has 1 amide bonds. The predicted molar refractivity (Wildman–Crippen MR) is 82.9 cm³/mol. The van der Waals surface area contributed by atoms with Crippen molar-refractivity contribution in [2.24, 2.45) is 0 Å². The fraction of sp³-hybridized carbons (Fsp3) is 0.357. The van der Waals surface area contributed by atoms with Crippen molar-refractivity contribution in [2.75, 3.05) is 20.8 Å². The van der Waals surface area contributed by atoms with Crippen molar-refractivity contribution in [1.29, 1.82) is 0 Å². The molecular weight excluding hydrogens is 318 g/mol. The Kier molecular flexibility index (Phi) is 5.66. The lowest BCUT2D eigenvalue weighted by molar-refractivity contribution is -0.394. The maximum Gasteiger partial charge on any atom is 0.490 e. The smallest absolute Gasteiger partial charge is 0.490 e. The van der Waals surface area contributed by atoms with Gasteiger partial charge in [-0.3, -0.25) is 4.79 Å². The lowest BCUT2D eigenvalue weighted by Crippen LogP contribution is -2.29. The third kappa shape index (κ3) is 4.41. The highest BCUT2D eigenvalue weighted by molar-refractivity contribution is 5.75. The van der Waals surface area contributed by atoms with E-state index in [1.807, 2.05) is 12.1 Å². The molecule has 128 valence electrons. The highest BCUT2D eigenvalue weighted by Gasteiger charge is 2.15. The maximum atomic E-state index is 11.8. The van der Waals surface area contributed by atoms with E-state index in [2.05, 4.69) is 15.4 Å². The molecular formula is C14H17N5O5. The van der Waals surface area contributed by atoms with Crippen LogP contribution >= 0.6 is 0 Å². The molecule has 1 aromatic carbocycles. The molecule has 0 bridgehead atoms. The molecule has 10 nitrogen and oxygen atoms in total. The number of carbonyl (C=O) groups is 1. The van der Waals surface area contributed by atoms with Crippen LogP contribution in [-0.4, -0.2) is 46.4 Å². The molecule has 0 unspecified atom stereocenters. The van der Waals surface area contributed by atoms with Crippen molar-refractivity contribution in [3.63, 3.8) is 0 Å². The van der Waals surface area contributed by atoms with Crippen LogP contribution in [0.2, 0.25) is 0 Å². The minimum atomic E-state index is -0.717. The molecule has 0 radical (unpaired) electrons. The number of amides is 1. The minimum absolute atomic E-state index is 0.132. The summed E-state index contributed by atoms with van der Waals surface area (Å²) in [6.45, 7) is 0.276. The summed E-state index contributed by atoms with van der Waals surface area (Å²) < 4.78 is 11.5. The Morgan fingerprint density at radius 2 is 2.08 bits per heavy atom.